The lowest BCUT2D eigenvalue weighted by molar-refractivity contribution is 0.317. The maximum atomic E-state index is 6.04. The van der Waals surface area contributed by atoms with Crippen LogP contribution in [0.3, 0.4) is 0 Å². The van der Waals surface area contributed by atoms with Gasteiger partial charge in [-0.3, -0.25) is 0 Å². The summed E-state index contributed by atoms with van der Waals surface area (Å²) in [6.45, 7) is 4.69. The first-order chi connectivity index (χ1) is 6.65. The van der Waals surface area contributed by atoms with Crippen molar-refractivity contribution in [2.24, 2.45) is 5.73 Å². The Balaban J connectivity index is 2.78. The normalized spacial score (nSPS) is 12.6. The van der Waals surface area contributed by atoms with E-state index in [1.165, 1.54) is 0 Å². The number of rotatable bonds is 4. The Morgan fingerprint density at radius 1 is 1.50 bits per heavy atom. The predicted molar refractivity (Wildman–Crippen MR) is 59.8 cm³/mol. The molecule has 78 valence electrons. The molecule has 0 aliphatic carbocycles. The summed E-state index contributed by atoms with van der Waals surface area (Å²) >= 11 is 6.04. The van der Waals surface area contributed by atoms with E-state index in [9.17, 15) is 0 Å². The van der Waals surface area contributed by atoms with Crippen LogP contribution in [0.4, 0.5) is 0 Å². The van der Waals surface area contributed by atoms with Gasteiger partial charge in [-0.15, -0.1) is 0 Å². The van der Waals surface area contributed by atoms with Crippen LogP contribution in [0.2, 0.25) is 5.02 Å². The third-order valence-corrected chi connectivity index (χ3v) is 2.26. The summed E-state index contributed by atoms with van der Waals surface area (Å²) in [6.07, 6.45) is 0.993. The molecule has 1 unspecified atom stereocenters. The van der Waals surface area contributed by atoms with E-state index >= 15 is 0 Å². The molecule has 1 atom stereocenters. The molecule has 0 saturated heterocycles. The fourth-order valence-electron chi connectivity index (χ4n) is 1.19. The summed E-state index contributed by atoms with van der Waals surface area (Å²) < 4.78 is 5.45. The molecular weight excluding hydrogens is 198 g/mol. The van der Waals surface area contributed by atoms with Crippen LogP contribution in [0.15, 0.2) is 18.2 Å². The topological polar surface area (TPSA) is 35.2 Å². The van der Waals surface area contributed by atoms with Crippen molar-refractivity contribution in [3.63, 3.8) is 0 Å². The van der Waals surface area contributed by atoms with Crippen LogP contribution in [-0.4, -0.2) is 6.61 Å². The first-order valence-electron chi connectivity index (χ1n) is 4.83. The molecule has 14 heavy (non-hydrogen) atoms. The van der Waals surface area contributed by atoms with E-state index < -0.39 is 0 Å². The van der Waals surface area contributed by atoms with Crippen molar-refractivity contribution in [2.75, 3.05) is 6.61 Å². The van der Waals surface area contributed by atoms with Crippen molar-refractivity contribution in [3.8, 4) is 5.75 Å². The minimum absolute atomic E-state index is 0.0391. The largest absolute Gasteiger partial charge is 0.494 e. The molecule has 0 spiro atoms. The van der Waals surface area contributed by atoms with E-state index in [0.29, 0.717) is 11.6 Å². The van der Waals surface area contributed by atoms with Crippen LogP contribution in [0.5, 0.6) is 5.75 Å². The number of hydrogen-bond acceptors (Lipinski definition) is 2. The van der Waals surface area contributed by atoms with Gasteiger partial charge in [-0.25, -0.2) is 0 Å². The number of halogens is 1. The fraction of sp³-hybridized carbons (Fsp3) is 0.455. The van der Waals surface area contributed by atoms with Gasteiger partial charge in [0.25, 0.3) is 0 Å². The first kappa shape index (κ1) is 11.3. The highest BCUT2D eigenvalue weighted by Gasteiger charge is 2.06. The molecule has 0 heterocycles. The van der Waals surface area contributed by atoms with Gasteiger partial charge in [-0.05, 0) is 31.0 Å². The second-order valence-electron chi connectivity index (χ2n) is 3.32. The highest BCUT2D eigenvalue weighted by molar-refractivity contribution is 6.31. The van der Waals surface area contributed by atoms with Gasteiger partial charge in [0.2, 0.25) is 0 Å². The van der Waals surface area contributed by atoms with E-state index in [0.717, 1.165) is 17.7 Å². The number of ether oxygens (including phenoxy) is 1. The molecule has 0 fully saturated rings. The van der Waals surface area contributed by atoms with Crippen molar-refractivity contribution < 1.29 is 4.74 Å². The second kappa shape index (κ2) is 5.23. The van der Waals surface area contributed by atoms with Gasteiger partial charge in [-0.2, -0.15) is 0 Å². The molecule has 1 aromatic rings. The summed E-state index contributed by atoms with van der Waals surface area (Å²) in [4.78, 5) is 0. The average molecular weight is 214 g/mol. The van der Waals surface area contributed by atoms with Gasteiger partial charge in [0.15, 0.2) is 0 Å². The Kier molecular flexibility index (Phi) is 4.23. The van der Waals surface area contributed by atoms with E-state index in [2.05, 4.69) is 6.92 Å². The van der Waals surface area contributed by atoms with Gasteiger partial charge in [0, 0.05) is 11.1 Å². The molecule has 0 saturated carbocycles. The third-order valence-electron chi connectivity index (χ3n) is 1.94. The predicted octanol–water partition coefficient (Wildman–Crippen LogP) is 3.15. The molecule has 0 radical (unpaired) electrons. The highest BCUT2D eigenvalue weighted by atomic mass is 35.5. The molecule has 0 bridgehead atoms. The minimum atomic E-state index is -0.0391. The summed E-state index contributed by atoms with van der Waals surface area (Å²) in [5, 5.41) is 0.675. The van der Waals surface area contributed by atoms with Gasteiger partial charge < -0.3 is 10.5 Å². The molecule has 2 N–H and O–H groups in total. The standard InChI is InChI=1S/C11H16ClNO/c1-3-6-14-9-4-5-10(8(2)13)11(12)7-9/h4-5,7-8H,3,6,13H2,1-2H3. The summed E-state index contributed by atoms with van der Waals surface area (Å²) in [7, 11) is 0. The highest BCUT2D eigenvalue weighted by Crippen LogP contribution is 2.26. The van der Waals surface area contributed by atoms with Crippen LogP contribution >= 0.6 is 11.6 Å². The molecule has 1 rings (SSSR count). The van der Waals surface area contributed by atoms with Crippen molar-refractivity contribution in [1.29, 1.82) is 0 Å². The van der Waals surface area contributed by atoms with Crippen LogP contribution in [-0.2, 0) is 0 Å². The average Bonchev–Trinajstić information content (AvgIpc) is 2.14. The summed E-state index contributed by atoms with van der Waals surface area (Å²) in [5.74, 6) is 0.807. The maximum Gasteiger partial charge on any atom is 0.120 e. The van der Waals surface area contributed by atoms with Gasteiger partial charge >= 0.3 is 0 Å². The maximum absolute atomic E-state index is 6.04. The Labute approximate surface area is 90.0 Å². The molecule has 2 nitrogen and oxygen atoms in total. The smallest absolute Gasteiger partial charge is 0.120 e. The molecule has 3 heteroatoms. The van der Waals surface area contributed by atoms with Crippen LogP contribution < -0.4 is 10.5 Å². The number of hydrogen-bond donors (Lipinski definition) is 1. The van der Waals surface area contributed by atoms with Crippen molar-refractivity contribution in [3.05, 3.63) is 28.8 Å². The lowest BCUT2D eigenvalue weighted by Gasteiger charge is -2.10. The van der Waals surface area contributed by atoms with Gasteiger partial charge in [0.1, 0.15) is 5.75 Å². The minimum Gasteiger partial charge on any atom is -0.494 e. The van der Waals surface area contributed by atoms with E-state index in [-0.39, 0.29) is 6.04 Å². The molecule has 1 aromatic carbocycles. The number of nitrogens with two attached hydrogens (primary N) is 1. The zero-order chi connectivity index (χ0) is 10.6. The molecule has 0 aliphatic heterocycles. The van der Waals surface area contributed by atoms with Crippen molar-refractivity contribution >= 4 is 11.6 Å². The van der Waals surface area contributed by atoms with Crippen LogP contribution in [0.25, 0.3) is 0 Å². The SMILES string of the molecule is CCCOc1ccc(C(C)N)c(Cl)c1. The van der Waals surface area contributed by atoms with E-state index in [1.54, 1.807) is 0 Å². The van der Waals surface area contributed by atoms with Gasteiger partial charge in [0.05, 0.1) is 6.61 Å². The van der Waals surface area contributed by atoms with E-state index in [1.807, 2.05) is 25.1 Å². The molecule has 0 amide bonds. The zero-order valence-corrected chi connectivity index (χ0v) is 9.34. The lowest BCUT2D eigenvalue weighted by atomic mass is 10.1. The monoisotopic (exact) mass is 213 g/mol. The van der Waals surface area contributed by atoms with Crippen LogP contribution in [0, 0.1) is 0 Å². The second-order valence-corrected chi connectivity index (χ2v) is 3.73. The molecule has 0 aliphatic rings. The lowest BCUT2D eigenvalue weighted by Crippen LogP contribution is -2.05. The number of benzene rings is 1. The first-order valence-corrected chi connectivity index (χ1v) is 5.20. The molecular formula is C11H16ClNO. The fourth-order valence-corrected chi connectivity index (χ4v) is 1.53. The quantitative estimate of drug-likeness (QED) is 0.834. The van der Waals surface area contributed by atoms with Gasteiger partial charge in [-0.1, -0.05) is 24.6 Å². The Morgan fingerprint density at radius 2 is 2.21 bits per heavy atom. The Morgan fingerprint density at radius 3 is 2.71 bits per heavy atom. The van der Waals surface area contributed by atoms with E-state index in [4.69, 9.17) is 22.1 Å². The zero-order valence-electron chi connectivity index (χ0n) is 8.59. The van der Waals surface area contributed by atoms with Crippen molar-refractivity contribution in [1.82, 2.24) is 0 Å². The Hall–Kier alpha value is -0.730. The summed E-state index contributed by atoms with van der Waals surface area (Å²) in [6, 6.07) is 5.59. The van der Waals surface area contributed by atoms with Crippen LogP contribution in [0.1, 0.15) is 31.9 Å². The Bertz CT molecular complexity index is 299. The van der Waals surface area contributed by atoms with Crippen molar-refractivity contribution in [2.45, 2.75) is 26.3 Å². The molecule has 0 aromatic heterocycles. The third kappa shape index (κ3) is 2.89. The summed E-state index contributed by atoms with van der Waals surface area (Å²) in [5.41, 5.74) is 6.69.